The number of nitrogens with one attached hydrogen (secondary N) is 2. The summed E-state index contributed by atoms with van der Waals surface area (Å²) >= 11 is 0. The third kappa shape index (κ3) is 3.64. The number of fused-ring (bicyclic) bond motifs is 2. The van der Waals surface area contributed by atoms with Gasteiger partial charge in [0.1, 0.15) is 5.75 Å². The van der Waals surface area contributed by atoms with Crippen LogP contribution < -0.4 is 15.8 Å². The van der Waals surface area contributed by atoms with Gasteiger partial charge in [-0.25, -0.2) is 0 Å². The van der Waals surface area contributed by atoms with Gasteiger partial charge in [0.05, 0.1) is 0 Å². The van der Waals surface area contributed by atoms with Crippen LogP contribution in [0.15, 0.2) is 66.9 Å². The molecule has 136 valence electrons. The van der Waals surface area contributed by atoms with Crippen molar-refractivity contribution in [3.8, 4) is 5.75 Å². The molecule has 0 radical (unpaired) electrons. The molecule has 0 spiro atoms. The highest BCUT2D eigenvalue weighted by atomic mass is 16.5. The number of nitrogens with two attached hydrogens (primary N) is 1. The van der Waals surface area contributed by atoms with Crippen LogP contribution in [-0.4, -0.2) is 24.0 Å². The smallest absolute Gasteiger partial charge is 0.262 e. The fourth-order valence-electron chi connectivity index (χ4n) is 3.28. The van der Waals surface area contributed by atoms with Gasteiger partial charge in [-0.3, -0.25) is 4.79 Å². The van der Waals surface area contributed by atoms with E-state index < -0.39 is 0 Å². The van der Waals surface area contributed by atoms with Crippen LogP contribution in [0.2, 0.25) is 0 Å². The summed E-state index contributed by atoms with van der Waals surface area (Å²) in [6.07, 6.45) is 2.76. The highest BCUT2D eigenvalue weighted by Gasteiger charge is 2.08. The van der Waals surface area contributed by atoms with Crippen molar-refractivity contribution >= 4 is 33.3 Å². The van der Waals surface area contributed by atoms with Crippen molar-refractivity contribution in [3.05, 3.63) is 72.4 Å². The number of benzene rings is 3. The number of H-pyrrole nitrogens is 1. The average molecular weight is 359 g/mol. The lowest BCUT2D eigenvalue weighted by molar-refractivity contribution is -0.118. The molecular formula is C22H21N3O2. The molecule has 27 heavy (non-hydrogen) atoms. The zero-order chi connectivity index (χ0) is 18.6. The summed E-state index contributed by atoms with van der Waals surface area (Å²) in [6.45, 7) is 0.539. The summed E-state index contributed by atoms with van der Waals surface area (Å²) < 4.78 is 5.71. The lowest BCUT2D eigenvalue weighted by Crippen LogP contribution is -2.20. The van der Waals surface area contributed by atoms with E-state index in [1.807, 2.05) is 66.9 Å². The summed E-state index contributed by atoms with van der Waals surface area (Å²) in [5, 5.41) is 6.10. The number of hydrogen-bond acceptors (Lipinski definition) is 3. The normalized spacial score (nSPS) is 11.0. The van der Waals surface area contributed by atoms with Gasteiger partial charge in [-0.05, 0) is 48.2 Å². The van der Waals surface area contributed by atoms with Gasteiger partial charge in [0, 0.05) is 28.2 Å². The summed E-state index contributed by atoms with van der Waals surface area (Å²) in [5.74, 6) is 0.469. The zero-order valence-electron chi connectivity index (χ0n) is 14.9. The maximum Gasteiger partial charge on any atom is 0.262 e. The lowest BCUT2D eigenvalue weighted by atomic mass is 10.1. The molecule has 4 aromatic rings. The Balaban J connectivity index is 1.46. The minimum atomic E-state index is -0.192. The van der Waals surface area contributed by atoms with Crippen molar-refractivity contribution in [1.82, 2.24) is 4.98 Å². The van der Waals surface area contributed by atoms with Crippen LogP contribution in [0.1, 0.15) is 5.56 Å². The number of aromatic amines is 1. The molecule has 0 saturated carbocycles. The Kier molecular flexibility index (Phi) is 4.77. The molecular weight excluding hydrogens is 338 g/mol. The molecule has 0 saturated heterocycles. The van der Waals surface area contributed by atoms with Crippen molar-refractivity contribution in [2.45, 2.75) is 6.42 Å². The quantitative estimate of drug-likeness (QED) is 0.489. The Morgan fingerprint density at radius 1 is 1.04 bits per heavy atom. The molecule has 1 amide bonds. The molecule has 3 aromatic carbocycles. The maximum absolute atomic E-state index is 12.4. The maximum atomic E-state index is 12.4. The van der Waals surface area contributed by atoms with E-state index in [9.17, 15) is 4.79 Å². The number of aromatic nitrogens is 1. The van der Waals surface area contributed by atoms with E-state index in [1.165, 1.54) is 0 Å². The first kappa shape index (κ1) is 17.1. The number of hydrogen-bond donors (Lipinski definition) is 3. The van der Waals surface area contributed by atoms with Gasteiger partial charge in [-0.2, -0.15) is 0 Å². The van der Waals surface area contributed by atoms with Crippen molar-refractivity contribution in [1.29, 1.82) is 0 Å². The van der Waals surface area contributed by atoms with Crippen molar-refractivity contribution < 1.29 is 9.53 Å². The van der Waals surface area contributed by atoms with Gasteiger partial charge in [-0.1, -0.05) is 36.4 Å². The molecule has 1 heterocycles. The minimum absolute atomic E-state index is 0.0502. The molecule has 5 nitrogen and oxygen atoms in total. The number of rotatable bonds is 6. The molecule has 0 bridgehead atoms. The fraction of sp³-hybridized carbons (Fsp3) is 0.136. The van der Waals surface area contributed by atoms with Crippen LogP contribution in [0.3, 0.4) is 0 Å². The van der Waals surface area contributed by atoms with Gasteiger partial charge < -0.3 is 20.8 Å². The predicted octanol–water partition coefficient (Wildman–Crippen LogP) is 3.84. The third-order valence-corrected chi connectivity index (χ3v) is 4.59. The SMILES string of the molecule is NCCc1c[nH]c2ccc(OCC(=O)Nc3cccc4ccccc34)cc12. The Labute approximate surface area is 157 Å². The summed E-state index contributed by atoms with van der Waals surface area (Å²) in [5.41, 5.74) is 8.63. The standard InChI is InChI=1S/C22H21N3O2/c23-11-10-16-13-24-20-9-8-17(12-19(16)20)27-14-22(26)25-21-7-3-5-15-4-1-2-6-18(15)21/h1-9,12-13,24H,10-11,14,23H2,(H,25,26). The van der Waals surface area contributed by atoms with E-state index in [2.05, 4.69) is 10.3 Å². The summed E-state index contributed by atoms with van der Waals surface area (Å²) in [6, 6.07) is 19.5. The van der Waals surface area contributed by atoms with E-state index >= 15 is 0 Å². The van der Waals surface area contributed by atoms with Crippen LogP contribution >= 0.6 is 0 Å². The second-order valence-corrected chi connectivity index (χ2v) is 6.42. The largest absolute Gasteiger partial charge is 0.484 e. The monoisotopic (exact) mass is 359 g/mol. The molecule has 0 aliphatic heterocycles. The molecule has 5 heteroatoms. The lowest BCUT2D eigenvalue weighted by Gasteiger charge is -2.10. The molecule has 0 unspecified atom stereocenters. The Morgan fingerprint density at radius 2 is 1.89 bits per heavy atom. The first-order chi connectivity index (χ1) is 13.2. The molecule has 0 aliphatic rings. The van der Waals surface area contributed by atoms with Crippen LogP contribution in [0.5, 0.6) is 5.75 Å². The number of carbonyl (C=O) groups is 1. The Bertz CT molecular complexity index is 1100. The summed E-state index contributed by atoms with van der Waals surface area (Å²) in [7, 11) is 0. The first-order valence-corrected chi connectivity index (χ1v) is 8.95. The van der Waals surface area contributed by atoms with E-state index in [1.54, 1.807) is 0 Å². The van der Waals surface area contributed by atoms with E-state index in [0.29, 0.717) is 12.3 Å². The fourth-order valence-corrected chi connectivity index (χ4v) is 3.28. The number of amides is 1. The molecule has 0 atom stereocenters. The van der Waals surface area contributed by atoms with Gasteiger partial charge in [0.25, 0.3) is 5.91 Å². The molecule has 4 rings (SSSR count). The minimum Gasteiger partial charge on any atom is -0.484 e. The zero-order valence-corrected chi connectivity index (χ0v) is 14.9. The Hall–Kier alpha value is -3.31. The highest BCUT2D eigenvalue weighted by Crippen LogP contribution is 2.25. The van der Waals surface area contributed by atoms with Gasteiger partial charge in [-0.15, -0.1) is 0 Å². The molecule has 0 fully saturated rings. The van der Waals surface area contributed by atoms with Crippen molar-refractivity contribution in [2.75, 3.05) is 18.5 Å². The average Bonchev–Trinajstić information content (AvgIpc) is 3.09. The number of carbonyl (C=O) groups excluding carboxylic acids is 1. The second kappa shape index (κ2) is 7.51. The van der Waals surface area contributed by atoms with Crippen molar-refractivity contribution in [2.24, 2.45) is 5.73 Å². The molecule has 1 aromatic heterocycles. The number of ether oxygens (including phenoxy) is 1. The van der Waals surface area contributed by atoms with Gasteiger partial charge in [0.2, 0.25) is 0 Å². The van der Waals surface area contributed by atoms with Crippen LogP contribution in [-0.2, 0) is 11.2 Å². The van der Waals surface area contributed by atoms with E-state index in [4.69, 9.17) is 10.5 Å². The van der Waals surface area contributed by atoms with E-state index in [-0.39, 0.29) is 12.5 Å². The molecule has 0 aliphatic carbocycles. The van der Waals surface area contributed by atoms with E-state index in [0.717, 1.165) is 39.3 Å². The molecule has 4 N–H and O–H groups in total. The Morgan fingerprint density at radius 3 is 2.78 bits per heavy atom. The van der Waals surface area contributed by atoms with Gasteiger partial charge >= 0.3 is 0 Å². The first-order valence-electron chi connectivity index (χ1n) is 8.95. The second-order valence-electron chi connectivity index (χ2n) is 6.42. The van der Waals surface area contributed by atoms with Gasteiger partial charge in [0.15, 0.2) is 6.61 Å². The van der Waals surface area contributed by atoms with Crippen LogP contribution in [0, 0.1) is 0 Å². The van der Waals surface area contributed by atoms with Crippen molar-refractivity contribution in [3.63, 3.8) is 0 Å². The number of anilines is 1. The topological polar surface area (TPSA) is 80.1 Å². The predicted molar refractivity (Wildman–Crippen MR) is 109 cm³/mol. The highest BCUT2D eigenvalue weighted by molar-refractivity contribution is 6.02. The van der Waals surface area contributed by atoms with Crippen LogP contribution in [0.4, 0.5) is 5.69 Å². The van der Waals surface area contributed by atoms with Crippen LogP contribution in [0.25, 0.3) is 21.7 Å². The summed E-state index contributed by atoms with van der Waals surface area (Å²) in [4.78, 5) is 15.6. The third-order valence-electron chi connectivity index (χ3n) is 4.59.